The molecule has 1 heterocycles. The summed E-state index contributed by atoms with van der Waals surface area (Å²) in [5.41, 5.74) is 1.17. The van der Waals surface area contributed by atoms with Crippen molar-refractivity contribution < 1.29 is 0 Å². The molecule has 122 valence electrons. The first-order chi connectivity index (χ1) is 9.93. The maximum absolute atomic E-state index is 4.86. The molecule has 0 radical (unpaired) electrons. The number of hydrogen-bond donors (Lipinski definition) is 1. The highest BCUT2D eigenvalue weighted by molar-refractivity contribution is 7.13. The molecule has 0 spiro atoms. The summed E-state index contributed by atoms with van der Waals surface area (Å²) in [5, 5.41) is 6.87. The topological polar surface area (TPSA) is 31.4 Å². The summed E-state index contributed by atoms with van der Waals surface area (Å²) in [7, 11) is 4.25. The number of aromatic nitrogens is 1. The smallest absolute Gasteiger partial charge is 0.185 e. The molecule has 1 aromatic rings. The Kier molecular flexibility index (Phi) is 8.22. The third kappa shape index (κ3) is 6.76. The second-order valence-corrected chi connectivity index (χ2v) is 7.21. The minimum Gasteiger partial charge on any atom is -0.347 e. The van der Waals surface area contributed by atoms with Gasteiger partial charge in [0.15, 0.2) is 5.13 Å². The Morgan fingerprint density at radius 1 is 1.24 bits per heavy atom. The SMILES string of the molecule is CCCNC(C)c1csc(N(CCN(C)C)CC(C)C)n1. The van der Waals surface area contributed by atoms with E-state index in [-0.39, 0.29) is 0 Å². The van der Waals surface area contributed by atoms with Crippen molar-refractivity contribution in [3.63, 3.8) is 0 Å². The van der Waals surface area contributed by atoms with Crippen LogP contribution in [-0.2, 0) is 0 Å². The molecule has 0 aromatic carbocycles. The number of nitrogens with one attached hydrogen (secondary N) is 1. The maximum atomic E-state index is 4.86. The third-order valence-electron chi connectivity index (χ3n) is 3.33. The number of likely N-dealkylation sites (N-methyl/N-ethyl adjacent to an activating group) is 1. The number of hydrogen-bond acceptors (Lipinski definition) is 5. The molecule has 0 bridgehead atoms. The lowest BCUT2D eigenvalue weighted by Gasteiger charge is -2.25. The lowest BCUT2D eigenvalue weighted by atomic mass is 10.2. The van der Waals surface area contributed by atoms with E-state index in [1.165, 1.54) is 5.69 Å². The van der Waals surface area contributed by atoms with Crippen LogP contribution in [0, 0.1) is 5.92 Å². The van der Waals surface area contributed by atoms with Crippen LogP contribution in [0.4, 0.5) is 5.13 Å². The van der Waals surface area contributed by atoms with Gasteiger partial charge >= 0.3 is 0 Å². The summed E-state index contributed by atoms with van der Waals surface area (Å²) in [6.07, 6.45) is 1.16. The maximum Gasteiger partial charge on any atom is 0.185 e. The summed E-state index contributed by atoms with van der Waals surface area (Å²) < 4.78 is 0. The first-order valence-electron chi connectivity index (χ1n) is 8.02. The van der Waals surface area contributed by atoms with Crippen molar-refractivity contribution in [2.45, 2.75) is 40.2 Å². The molecule has 1 rings (SSSR count). The van der Waals surface area contributed by atoms with E-state index in [1.54, 1.807) is 11.3 Å². The van der Waals surface area contributed by atoms with Gasteiger partial charge in [0, 0.05) is 31.1 Å². The number of thiazole rings is 1. The van der Waals surface area contributed by atoms with E-state index >= 15 is 0 Å². The monoisotopic (exact) mass is 312 g/mol. The molecule has 0 saturated carbocycles. The molecule has 1 atom stereocenters. The van der Waals surface area contributed by atoms with E-state index in [1.807, 2.05) is 0 Å². The fourth-order valence-electron chi connectivity index (χ4n) is 2.11. The van der Waals surface area contributed by atoms with Gasteiger partial charge in [-0.1, -0.05) is 20.8 Å². The van der Waals surface area contributed by atoms with Gasteiger partial charge in [0.2, 0.25) is 0 Å². The Morgan fingerprint density at radius 3 is 2.52 bits per heavy atom. The standard InChI is InChI=1S/C16H32N4S/c1-7-8-17-14(4)15-12-21-16(18-15)20(11-13(2)3)10-9-19(5)6/h12-14,17H,7-11H2,1-6H3. The molecule has 0 amide bonds. The second-order valence-electron chi connectivity index (χ2n) is 6.37. The van der Waals surface area contributed by atoms with Crippen LogP contribution in [-0.4, -0.2) is 50.2 Å². The van der Waals surface area contributed by atoms with Gasteiger partial charge in [0.25, 0.3) is 0 Å². The van der Waals surface area contributed by atoms with Gasteiger partial charge in [0.1, 0.15) is 0 Å². The summed E-state index contributed by atoms with van der Waals surface area (Å²) in [5.74, 6) is 0.648. The van der Waals surface area contributed by atoms with Crippen LogP contribution in [0.2, 0.25) is 0 Å². The van der Waals surface area contributed by atoms with E-state index in [9.17, 15) is 0 Å². The lowest BCUT2D eigenvalue weighted by Crippen LogP contribution is -2.34. The van der Waals surface area contributed by atoms with Crippen LogP contribution < -0.4 is 10.2 Å². The molecule has 5 heteroatoms. The highest BCUT2D eigenvalue weighted by Crippen LogP contribution is 2.24. The van der Waals surface area contributed by atoms with E-state index in [0.29, 0.717) is 12.0 Å². The van der Waals surface area contributed by atoms with E-state index in [4.69, 9.17) is 4.98 Å². The molecule has 0 fully saturated rings. The van der Waals surface area contributed by atoms with Gasteiger partial charge in [-0.25, -0.2) is 4.98 Å². The molecule has 1 aromatic heterocycles. The van der Waals surface area contributed by atoms with E-state index in [0.717, 1.165) is 37.7 Å². The van der Waals surface area contributed by atoms with Crippen LogP contribution in [0.3, 0.4) is 0 Å². The van der Waals surface area contributed by atoms with Crippen molar-refractivity contribution >= 4 is 16.5 Å². The zero-order valence-electron chi connectivity index (χ0n) is 14.5. The molecule has 0 aliphatic rings. The first kappa shape index (κ1) is 18.4. The van der Waals surface area contributed by atoms with Crippen LogP contribution in [0.15, 0.2) is 5.38 Å². The van der Waals surface area contributed by atoms with Gasteiger partial charge in [0.05, 0.1) is 5.69 Å². The number of rotatable bonds is 10. The Hall–Kier alpha value is -0.650. The first-order valence-corrected chi connectivity index (χ1v) is 8.90. The molecule has 1 N–H and O–H groups in total. The van der Waals surface area contributed by atoms with Gasteiger partial charge in [-0.3, -0.25) is 0 Å². The molecular weight excluding hydrogens is 280 g/mol. The summed E-state index contributed by atoms with van der Waals surface area (Å²) in [4.78, 5) is 9.51. The minimum atomic E-state index is 0.338. The average molecular weight is 313 g/mol. The van der Waals surface area contributed by atoms with Crippen LogP contribution in [0.1, 0.15) is 45.9 Å². The third-order valence-corrected chi connectivity index (χ3v) is 4.25. The Bertz CT molecular complexity index is 389. The normalized spacial score (nSPS) is 13.1. The Morgan fingerprint density at radius 2 is 1.95 bits per heavy atom. The second kappa shape index (κ2) is 9.38. The number of anilines is 1. The zero-order chi connectivity index (χ0) is 15.8. The van der Waals surface area contributed by atoms with Crippen LogP contribution in [0.5, 0.6) is 0 Å². The van der Waals surface area contributed by atoms with Crippen molar-refractivity contribution in [3.8, 4) is 0 Å². The fraction of sp³-hybridized carbons (Fsp3) is 0.812. The highest BCUT2D eigenvalue weighted by atomic mass is 32.1. The molecular formula is C16H32N4S. The largest absolute Gasteiger partial charge is 0.347 e. The number of nitrogens with zero attached hydrogens (tertiary/aromatic N) is 3. The minimum absolute atomic E-state index is 0.338. The molecule has 21 heavy (non-hydrogen) atoms. The van der Waals surface area contributed by atoms with Crippen molar-refractivity contribution in [3.05, 3.63) is 11.1 Å². The zero-order valence-corrected chi connectivity index (χ0v) is 15.3. The molecule has 0 aliphatic heterocycles. The van der Waals surface area contributed by atoms with Gasteiger partial charge in [-0.15, -0.1) is 11.3 Å². The predicted octanol–water partition coefficient (Wildman–Crippen LogP) is 3.23. The molecule has 0 aliphatic carbocycles. The average Bonchev–Trinajstić information content (AvgIpc) is 2.89. The summed E-state index contributed by atoms with van der Waals surface area (Å²) in [6.45, 7) is 13.1. The predicted molar refractivity (Wildman–Crippen MR) is 94.4 cm³/mol. The Labute approximate surface area is 134 Å². The van der Waals surface area contributed by atoms with Crippen molar-refractivity contribution in [1.82, 2.24) is 15.2 Å². The van der Waals surface area contributed by atoms with E-state index in [2.05, 4.69) is 62.3 Å². The van der Waals surface area contributed by atoms with Gasteiger partial charge in [-0.2, -0.15) is 0 Å². The van der Waals surface area contributed by atoms with Crippen LogP contribution in [0.25, 0.3) is 0 Å². The lowest BCUT2D eigenvalue weighted by molar-refractivity contribution is 0.409. The molecule has 1 unspecified atom stereocenters. The fourth-order valence-corrected chi connectivity index (χ4v) is 3.07. The Balaban J connectivity index is 2.71. The summed E-state index contributed by atoms with van der Waals surface area (Å²) >= 11 is 1.77. The summed E-state index contributed by atoms with van der Waals surface area (Å²) in [6, 6.07) is 0.338. The van der Waals surface area contributed by atoms with Crippen molar-refractivity contribution in [1.29, 1.82) is 0 Å². The molecule has 0 saturated heterocycles. The molecule has 4 nitrogen and oxygen atoms in total. The van der Waals surface area contributed by atoms with E-state index < -0.39 is 0 Å². The van der Waals surface area contributed by atoms with Crippen molar-refractivity contribution in [2.75, 3.05) is 45.2 Å². The van der Waals surface area contributed by atoms with Crippen LogP contribution >= 0.6 is 11.3 Å². The highest BCUT2D eigenvalue weighted by Gasteiger charge is 2.15. The van der Waals surface area contributed by atoms with Gasteiger partial charge < -0.3 is 15.1 Å². The van der Waals surface area contributed by atoms with Crippen molar-refractivity contribution in [2.24, 2.45) is 5.92 Å². The quantitative estimate of drug-likeness (QED) is 0.719. The van der Waals surface area contributed by atoms with Gasteiger partial charge in [-0.05, 0) is 39.9 Å².